The molecule has 0 amide bonds. The van der Waals surface area contributed by atoms with E-state index < -0.39 is 9.84 Å². The number of sulfone groups is 1. The van der Waals surface area contributed by atoms with E-state index in [1.807, 2.05) is 48.5 Å². The smallest absolute Gasteiger partial charge is 0.150 e. The number of hydrogen-bond acceptors (Lipinski definition) is 4. The average Bonchev–Trinajstić information content (AvgIpc) is 2.81. The van der Waals surface area contributed by atoms with Crippen molar-refractivity contribution in [1.82, 2.24) is 0 Å². The van der Waals surface area contributed by atoms with Crippen LogP contribution in [0.1, 0.15) is 29.5 Å². The van der Waals surface area contributed by atoms with Crippen molar-refractivity contribution in [3.63, 3.8) is 0 Å². The summed E-state index contributed by atoms with van der Waals surface area (Å²) in [7, 11) is -2.93. The molecule has 33 heavy (non-hydrogen) atoms. The van der Waals surface area contributed by atoms with Crippen molar-refractivity contribution >= 4 is 21.2 Å². The summed E-state index contributed by atoms with van der Waals surface area (Å²) in [6.07, 6.45) is 1.11. The van der Waals surface area contributed by atoms with Crippen molar-refractivity contribution in [3.05, 3.63) is 89.2 Å². The van der Waals surface area contributed by atoms with E-state index in [1.54, 1.807) is 19.1 Å². The molecule has 0 radical (unpaired) electrons. The minimum Gasteiger partial charge on any atom is -0.489 e. The van der Waals surface area contributed by atoms with Crippen LogP contribution in [0.5, 0.6) is 5.75 Å². The van der Waals surface area contributed by atoms with E-state index in [1.165, 1.54) is 6.07 Å². The molecule has 6 heteroatoms. The van der Waals surface area contributed by atoms with Gasteiger partial charge in [0.2, 0.25) is 0 Å². The third-order valence-corrected chi connectivity index (χ3v) is 7.36. The highest BCUT2D eigenvalue weighted by molar-refractivity contribution is 7.91. The number of hydrogen-bond donors (Lipinski definition) is 1. The van der Waals surface area contributed by atoms with Gasteiger partial charge in [0, 0.05) is 11.6 Å². The Balaban J connectivity index is 1.58. The molecule has 0 spiro atoms. The Kier molecular flexibility index (Phi) is 7.00. The molecular weight excluding hydrogens is 437 g/mol. The Labute approximate surface area is 194 Å². The van der Waals surface area contributed by atoms with Gasteiger partial charge in [-0.2, -0.15) is 0 Å². The van der Waals surface area contributed by atoms with E-state index in [-0.39, 0.29) is 23.2 Å². The minimum absolute atomic E-state index is 0.0448. The number of anilines is 2. The van der Waals surface area contributed by atoms with E-state index in [4.69, 9.17) is 4.74 Å². The predicted octanol–water partition coefficient (Wildman–Crippen LogP) is 5.63. The van der Waals surface area contributed by atoms with Crippen molar-refractivity contribution < 1.29 is 17.5 Å². The maximum absolute atomic E-state index is 13.7. The maximum atomic E-state index is 13.7. The average molecular weight is 464 g/mol. The van der Waals surface area contributed by atoms with Crippen LogP contribution in [0.4, 0.5) is 15.8 Å². The molecule has 4 nitrogen and oxygen atoms in total. The fraction of sp³-hybridized carbons (Fsp3) is 0.259. The molecule has 0 saturated carbocycles. The van der Waals surface area contributed by atoms with Gasteiger partial charge in [0.1, 0.15) is 28.0 Å². The van der Waals surface area contributed by atoms with Gasteiger partial charge in [-0.05, 0) is 67.3 Å². The number of rotatable bonds is 5. The SMILES string of the molecule is Cc1cc(Nc2ccc(OCc3ccccc3)cc2C#CC2CCS(=O)(=O)CC2)ccc1F. The van der Waals surface area contributed by atoms with Crippen LogP contribution in [-0.4, -0.2) is 19.9 Å². The number of aryl methyl sites for hydroxylation is 1. The van der Waals surface area contributed by atoms with Crippen molar-refractivity contribution in [1.29, 1.82) is 0 Å². The van der Waals surface area contributed by atoms with Gasteiger partial charge in [0.05, 0.1) is 22.8 Å². The highest BCUT2D eigenvalue weighted by atomic mass is 32.2. The largest absolute Gasteiger partial charge is 0.489 e. The Bertz CT molecular complexity index is 1280. The van der Waals surface area contributed by atoms with Crippen molar-refractivity contribution in [2.24, 2.45) is 5.92 Å². The lowest BCUT2D eigenvalue weighted by Gasteiger charge is -2.17. The van der Waals surface area contributed by atoms with Crippen LogP contribution in [0.25, 0.3) is 0 Å². The van der Waals surface area contributed by atoms with Crippen molar-refractivity contribution in [2.45, 2.75) is 26.4 Å². The number of benzene rings is 3. The molecule has 1 N–H and O–H groups in total. The van der Waals surface area contributed by atoms with Crippen LogP contribution < -0.4 is 10.1 Å². The summed E-state index contributed by atoms with van der Waals surface area (Å²) in [5.74, 6) is 7.34. The van der Waals surface area contributed by atoms with Crippen LogP contribution in [-0.2, 0) is 16.4 Å². The second kappa shape index (κ2) is 10.1. The molecule has 1 heterocycles. The van der Waals surface area contributed by atoms with Gasteiger partial charge in [-0.15, -0.1) is 0 Å². The van der Waals surface area contributed by atoms with Crippen LogP contribution in [0.3, 0.4) is 0 Å². The zero-order valence-corrected chi connectivity index (χ0v) is 19.3. The van der Waals surface area contributed by atoms with Gasteiger partial charge in [-0.25, -0.2) is 12.8 Å². The molecule has 170 valence electrons. The lowest BCUT2D eigenvalue weighted by Crippen LogP contribution is -2.22. The molecule has 1 saturated heterocycles. The first-order valence-electron chi connectivity index (χ1n) is 10.9. The highest BCUT2D eigenvalue weighted by Crippen LogP contribution is 2.27. The molecule has 1 fully saturated rings. The van der Waals surface area contributed by atoms with Gasteiger partial charge in [-0.3, -0.25) is 0 Å². The molecule has 0 unspecified atom stereocenters. The molecular formula is C27H26FNO3S. The first kappa shape index (κ1) is 22.9. The lowest BCUT2D eigenvalue weighted by atomic mass is 10.0. The first-order valence-corrected chi connectivity index (χ1v) is 12.8. The molecule has 3 aromatic carbocycles. The summed E-state index contributed by atoms with van der Waals surface area (Å²) in [5.41, 5.74) is 3.91. The first-order chi connectivity index (χ1) is 15.9. The quantitative estimate of drug-likeness (QED) is 0.498. The fourth-order valence-corrected chi connectivity index (χ4v) is 5.15. The molecule has 4 rings (SSSR count). The van der Waals surface area contributed by atoms with Gasteiger partial charge in [0.25, 0.3) is 0 Å². The zero-order chi connectivity index (χ0) is 23.3. The third kappa shape index (κ3) is 6.36. The van der Waals surface area contributed by atoms with Gasteiger partial charge >= 0.3 is 0 Å². The molecule has 0 bridgehead atoms. The molecule has 1 aliphatic heterocycles. The molecule has 3 aromatic rings. The second-order valence-electron chi connectivity index (χ2n) is 8.27. The lowest BCUT2D eigenvalue weighted by molar-refractivity contribution is 0.306. The monoisotopic (exact) mass is 463 g/mol. The van der Waals surface area contributed by atoms with Gasteiger partial charge < -0.3 is 10.1 Å². The molecule has 1 aliphatic rings. The Morgan fingerprint density at radius 3 is 2.52 bits per heavy atom. The summed E-state index contributed by atoms with van der Waals surface area (Å²) in [6, 6.07) is 20.4. The third-order valence-electron chi connectivity index (χ3n) is 5.64. The fourth-order valence-electron chi connectivity index (χ4n) is 3.66. The van der Waals surface area contributed by atoms with Crippen molar-refractivity contribution in [2.75, 3.05) is 16.8 Å². The zero-order valence-electron chi connectivity index (χ0n) is 18.5. The normalized spacial score (nSPS) is 15.3. The molecule has 0 aromatic heterocycles. The summed E-state index contributed by atoms with van der Waals surface area (Å²) in [5, 5.41) is 3.32. The Morgan fingerprint density at radius 1 is 1.03 bits per heavy atom. The predicted molar refractivity (Wildman–Crippen MR) is 130 cm³/mol. The standard InChI is InChI=1S/C27H26FNO3S/c1-20-17-24(9-11-26(20)28)29-27-12-10-25(32-19-22-5-3-2-4-6-22)18-23(27)8-7-21-13-15-33(30,31)16-14-21/h2-6,9-12,17-18,21,29H,13-16,19H2,1H3. The van der Waals surface area contributed by atoms with E-state index in [0.717, 1.165) is 22.5 Å². The van der Waals surface area contributed by atoms with Crippen LogP contribution in [0.2, 0.25) is 0 Å². The summed E-state index contributed by atoms with van der Waals surface area (Å²) in [4.78, 5) is 0. The molecule has 0 aliphatic carbocycles. The Morgan fingerprint density at radius 2 is 1.79 bits per heavy atom. The van der Waals surface area contributed by atoms with E-state index in [9.17, 15) is 12.8 Å². The van der Waals surface area contributed by atoms with Crippen LogP contribution in [0, 0.1) is 30.5 Å². The topological polar surface area (TPSA) is 55.4 Å². The summed E-state index contributed by atoms with van der Waals surface area (Å²) >= 11 is 0. The minimum atomic E-state index is -2.93. The van der Waals surface area contributed by atoms with Gasteiger partial charge in [0.15, 0.2) is 0 Å². The summed E-state index contributed by atoms with van der Waals surface area (Å²) in [6.45, 7) is 2.16. The van der Waals surface area contributed by atoms with E-state index in [2.05, 4.69) is 17.2 Å². The maximum Gasteiger partial charge on any atom is 0.150 e. The van der Waals surface area contributed by atoms with E-state index in [0.29, 0.717) is 30.8 Å². The van der Waals surface area contributed by atoms with Crippen LogP contribution in [0.15, 0.2) is 66.7 Å². The van der Waals surface area contributed by atoms with Crippen molar-refractivity contribution in [3.8, 4) is 17.6 Å². The Hall–Kier alpha value is -3.30. The van der Waals surface area contributed by atoms with Crippen LogP contribution >= 0.6 is 0 Å². The highest BCUT2D eigenvalue weighted by Gasteiger charge is 2.22. The number of halogens is 1. The van der Waals surface area contributed by atoms with E-state index >= 15 is 0 Å². The second-order valence-corrected chi connectivity index (χ2v) is 10.6. The van der Waals surface area contributed by atoms with Gasteiger partial charge in [-0.1, -0.05) is 42.2 Å². The number of ether oxygens (including phenoxy) is 1. The molecule has 0 atom stereocenters. The number of nitrogens with one attached hydrogen (secondary N) is 1. The summed E-state index contributed by atoms with van der Waals surface area (Å²) < 4.78 is 43.1.